The van der Waals surface area contributed by atoms with Crippen molar-refractivity contribution in [1.82, 2.24) is 15.2 Å². The lowest BCUT2D eigenvalue weighted by atomic mass is 9.95. The molecule has 0 saturated carbocycles. The number of likely N-dealkylation sites (tertiary alicyclic amines) is 1. The first-order chi connectivity index (χ1) is 14.5. The van der Waals surface area contributed by atoms with Crippen molar-refractivity contribution in [2.24, 2.45) is 0 Å². The molecule has 2 aromatic carbocycles. The predicted octanol–water partition coefficient (Wildman–Crippen LogP) is 4.01. The van der Waals surface area contributed by atoms with Crippen molar-refractivity contribution in [3.8, 4) is 0 Å². The quantitative estimate of drug-likeness (QED) is 0.691. The minimum absolute atomic E-state index is 0.127. The molecule has 2 N–H and O–H groups in total. The van der Waals surface area contributed by atoms with Gasteiger partial charge in [0.2, 0.25) is 0 Å². The molecule has 0 aliphatic carbocycles. The van der Waals surface area contributed by atoms with Crippen molar-refractivity contribution in [2.45, 2.75) is 6.42 Å². The van der Waals surface area contributed by atoms with Gasteiger partial charge >= 0.3 is 0 Å². The Hall–Kier alpha value is -3.61. The van der Waals surface area contributed by atoms with Crippen molar-refractivity contribution < 1.29 is 13.6 Å². The molecule has 152 valence electrons. The number of halogens is 2. The fraction of sp³-hybridized carbons (Fsp3) is 0.174. The summed E-state index contributed by atoms with van der Waals surface area (Å²) in [5, 5.41) is 12.3. The van der Waals surface area contributed by atoms with Gasteiger partial charge in [-0.15, -0.1) is 0 Å². The molecule has 1 amide bonds. The first-order valence-electron chi connectivity index (χ1n) is 9.55. The van der Waals surface area contributed by atoms with E-state index in [2.05, 4.69) is 10.3 Å². The number of nitrogens with zero attached hydrogens (tertiary/aromatic N) is 2. The van der Waals surface area contributed by atoms with Crippen LogP contribution in [0.4, 0.5) is 8.78 Å². The fourth-order valence-corrected chi connectivity index (χ4v) is 3.77. The number of nitrogens with one attached hydrogen (secondary N) is 2. The number of piperidine rings is 1. The molecule has 1 aromatic heterocycles. The summed E-state index contributed by atoms with van der Waals surface area (Å²) in [6.07, 6.45) is 2.11. The third-order valence-electron chi connectivity index (χ3n) is 5.19. The number of carbonyl (C=O) groups is 1. The fourth-order valence-electron chi connectivity index (χ4n) is 3.77. The molecular formula is C23H20F2N4O. The van der Waals surface area contributed by atoms with Crippen molar-refractivity contribution in [3.05, 3.63) is 83.1 Å². The Morgan fingerprint density at radius 2 is 1.87 bits per heavy atom. The first-order valence-corrected chi connectivity index (χ1v) is 9.55. The number of fused-ring (bicyclic) bond motifs is 1. The second kappa shape index (κ2) is 8.02. The van der Waals surface area contributed by atoms with Crippen molar-refractivity contribution in [3.63, 3.8) is 0 Å². The third kappa shape index (κ3) is 3.78. The van der Waals surface area contributed by atoms with Crippen LogP contribution in [0.2, 0.25) is 0 Å². The van der Waals surface area contributed by atoms with Crippen LogP contribution in [0.15, 0.2) is 60.3 Å². The minimum atomic E-state index is -0.678. The molecule has 4 rings (SSSR count). The summed E-state index contributed by atoms with van der Waals surface area (Å²) in [4.78, 5) is 18.8. The van der Waals surface area contributed by atoms with E-state index in [0.29, 0.717) is 35.4 Å². The Kier molecular flexibility index (Phi) is 5.27. The van der Waals surface area contributed by atoms with E-state index in [9.17, 15) is 13.6 Å². The van der Waals surface area contributed by atoms with Gasteiger partial charge in [0.05, 0.1) is 17.8 Å². The normalized spacial score (nSPS) is 16.0. The van der Waals surface area contributed by atoms with Gasteiger partial charge < -0.3 is 15.6 Å². The zero-order valence-electron chi connectivity index (χ0n) is 16.4. The van der Waals surface area contributed by atoms with Crippen LogP contribution in [0.3, 0.4) is 0 Å². The van der Waals surface area contributed by atoms with Gasteiger partial charge in [0.15, 0.2) is 0 Å². The van der Waals surface area contributed by atoms with E-state index in [0.717, 1.165) is 17.0 Å². The van der Waals surface area contributed by atoms with Gasteiger partial charge in [-0.05, 0) is 42.8 Å². The molecule has 7 heteroatoms. The molecule has 0 bridgehead atoms. The Bertz CT molecular complexity index is 1170. The monoisotopic (exact) mass is 406 g/mol. The predicted molar refractivity (Wildman–Crippen MR) is 112 cm³/mol. The Morgan fingerprint density at radius 1 is 1.10 bits per heavy atom. The molecule has 0 spiro atoms. The van der Waals surface area contributed by atoms with Crippen LogP contribution in [0.1, 0.15) is 22.3 Å². The van der Waals surface area contributed by atoms with Crippen LogP contribution in [0, 0.1) is 17.0 Å². The van der Waals surface area contributed by atoms with Gasteiger partial charge in [-0.1, -0.05) is 6.07 Å². The number of aromatic nitrogens is 1. The zero-order valence-corrected chi connectivity index (χ0v) is 16.4. The van der Waals surface area contributed by atoms with E-state index in [1.165, 1.54) is 12.1 Å². The number of hydrogen-bond acceptors (Lipinski definition) is 4. The molecular weight excluding hydrogens is 386 g/mol. The van der Waals surface area contributed by atoms with Crippen LogP contribution < -0.4 is 5.32 Å². The van der Waals surface area contributed by atoms with Crippen molar-refractivity contribution >= 4 is 28.2 Å². The van der Waals surface area contributed by atoms with Gasteiger partial charge in [0.1, 0.15) is 11.6 Å². The van der Waals surface area contributed by atoms with E-state index in [-0.39, 0.29) is 18.2 Å². The highest BCUT2D eigenvalue weighted by molar-refractivity contribution is 6.09. The van der Waals surface area contributed by atoms with Crippen LogP contribution in [-0.2, 0) is 0 Å². The Labute approximate surface area is 172 Å². The molecule has 1 aliphatic rings. The largest absolute Gasteiger partial charge is 0.387 e. The highest BCUT2D eigenvalue weighted by Crippen LogP contribution is 2.25. The first kappa shape index (κ1) is 19.7. The third-order valence-corrected chi connectivity index (χ3v) is 5.19. The highest BCUT2D eigenvalue weighted by atomic mass is 19.1. The van der Waals surface area contributed by atoms with Gasteiger partial charge in [-0.2, -0.15) is 0 Å². The summed E-state index contributed by atoms with van der Waals surface area (Å²) in [6.45, 7) is 0.535. The van der Waals surface area contributed by atoms with Crippen LogP contribution in [0.5, 0.6) is 0 Å². The average Bonchev–Trinajstić information content (AvgIpc) is 2.74. The van der Waals surface area contributed by atoms with E-state index < -0.39 is 11.6 Å². The van der Waals surface area contributed by atoms with Crippen LogP contribution in [0.25, 0.3) is 16.6 Å². The van der Waals surface area contributed by atoms with E-state index in [1.807, 2.05) is 12.1 Å². The lowest BCUT2D eigenvalue weighted by Gasteiger charge is -2.30. The Balaban J connectivity index is 1.59. The van der Waals surface area contributed by atoms with E-state index in [4.69, 9.17) is 5.41 Å². The molecule has 30 heavy (non-hydrogen) atoms. The summed E-state index contributed by atoms with van der Waals surface area (Å²) in [5.41, 5.74) is 3.09. The second-order valence-corrected chi connectivity index (χ2v) is 7.13. The molecule has 0 atom stereocenters. The maximum atomic E-state index is 13.7. The number of pyridine rings is 1. The number of carbonyl (C=O) groups excluding carboxylic acids is 1. The average molecular weight is 406 g/mol. The summed E-state index contributed by atoms with van der Waals surface area (Å²) in [7, 11) is 1.65. The van der Waals surface area contributed by atoms with Gasteiger partial charge in [0.25, 0.3) is 5.91 Å². The lowest BCUT2D eigenvalue weighted by molar-refractivity contribution is 0.0776. The van der Waals surface area contributed by atoms with Gasteiger partial charge in [-0.3, -0.25) is 9.78 Å². The standard InChI is InChI=1S/C23H20F2N4O/c1-27-22(16-10-17(24)12-18(25)11-16)19-6-8-29(13-20(19)26)23(30)15-4-5-21-14(9-15)3-2-7-28-21/h2-5,7,9-12,26-27H,6,8,13H2,1H3/b22-19-,26-20?. The minimum Gasteiger partial charge on any atom is -0.387 e. The molecule has 2 heterocycles. The molecule has 1 fully saturated rings. The summed E-state index contributed by atoms with van der Waals surface area (Å²) in [5.74, 6) is -1.51. The number of hydrogen-bond donors (Lipinski definition) is 2. The summed E-state index contributed by atoms with van der Waals surface area (Å²) >= 11 is 0. The van der Waals surface area contributed by atoms with Crippen molar-refractivity contribution in [2.75, 3.05) is 20.1 Å². The zero-order chi connectivity index (χ0) is 21.3. The number of rotatable bonds is 3. The van der Waals surface area contributed by atoms with Gasteiger partial charge in [-0.25, -0.2) is 8.78 Å². The molecule has 0 radical (unpaired) electrons. The number of amides is 1. The van der Waals surface area contributed by atoms with E-state index >= 15 is 0 Å². The highest BCUT2D eigenvalue weighted by Gasteiger charge is 2.26. The maximum Gasteiger partial charge on any atom is 0.254 e. The number of benzene rings is 2. The summed E-state index contributed by atoms with van der Waals surface area (Å²) < 4.78 is 27.3. The van der Waals surface area contributed by atoms with Crippen LogP contribution in [-0.4, -0.2) is 41.6 Å². The Morgan fingerprint density at radius 3 is 2.57 bits per heavy atom. The second-order valence-electron chi connectivity index (χ2n) is 7.13. The topological polar surface area (TPSA) is 69.1 Å². The molecule has 1 saturated heterocycles. The SMILES string of the molecule is CN/C(=C1/CCN(C(=O)c2ccc3ncccc3c2)CC1=N)c1cc(F)cc(F)c1. The van der Waals surface area contributed by atoms with Crippen LogP contribution >= 0.6 is 0 Å². The van der Waals surface area contributed by atoms with Gasteiger partial charge in [0, 0.05) is 53.6 Å². The smallest absolute Gasteiger partial charge is 0.254 e. The van der Waals surface area contributed by atoms with E-state index in [1.54, 1.807) is 36.3 Å². The summed E-state index contributed by atoms with van der Waals surface area (Å²) in [6, 6.07) is 12.3. The molecule has 1 aliphatic heterocycles. The molecule has 3 aromatic rings. The maximum absolute atomic E-state index is 13.7. The molecule has 0 unspecified atom stereocenters. The molecule has 5 nitrogen and oxygen atoms in total. The van der Waals surface area contributed by atoms with Crippen molar-refractivity contribution in [1.29, 1.82) is 5.41 Å². The lowest BCUT2D eigenvalue weighted by Crippen LogP contribution is -2.41.